The van der Waals surface area contributed by atoms with Crippen LogP contribution in [0.3, 0.4) is 0 Å². The molecule has 0 bridgehead atoms. The molecular weight excluding hydrogens is 278 g/mol. The summed E-state index contributed by atoms with van der Waals surface area (Å²) in [7, 11) is 1.66. The van der Waals surface area contributed by atoms with Crippen molar-refractivity contribution in [1.29, 1.82) is 0 Å². The number of hydrogen-bond donors (Lipinski definition) is 1. The molecule has 0 aliphatic heterocycles. The number of rotatable bonds is 5. The smallest absolute Gasteiger partial charge is 0.182 e. The number of methoxy groups -OCH3 is 1. The monoisotopic (exact) mass is 295 g/mol. The zero-order valence-electron chi connectivity index (χ0n) is 11.7. The van der Waals surface area contributed by atoms with E-state index in [9.17, 15) is 0 Å². The largest absolute Gasteiger partial charge is 0.399 e. The minimum absolute atomic E-state index is 0.0465. The second-order valence-corrected chi connectivity index (χ2v) is 5.42. The molecule has 7 heteroatoms. The predicted molar refractivity (Wildman–Crippen MR) is 78.4 cm³/mol. The summed E-state index contributed by atoms with van der Waals surface area (Å²) in [4.78, 5) is 0. The van der Waals surface area contributed by atoms with Crippen LogP contribution in [0.1, 0.15) is 19.9 Å². The summed E-state index contributed by atoms with van der Waals surface area (Å²) in [6.07, 6.45) is 0. The molecule has 2 rings (SSSR count). The Bertz CT molecular complexity index is 564. The van der Waals surface area contributed by atoms with Crippen LogP contribution in [-0.2, 0) is 4.74 Å². The van der Waals surface area contributed by atoms with Gasteiger partial charge < -0.3 is 10.5 Å². The maximum Gasteiger partial charge on any atom is 0.182 e. The summed E-state index contributed by atoms with van der Waals surface area (Å²) in [5.74, 6) is 0.962. The highest BCUT2D eigenvalue weighted by atomic mass is 35.5. The second-order valence-electron chi connectivity index (χ2n) is 4.99. The first-order valence-corrected chi connectivity index (χ1v) is 6.74. The van der Waals surface area contributed by atoms with Gasteiger partial charge in [0.05, 0.1) is 12.6 Å². The first kappa shape index (κ1) is 14.7. The van der Waals surface area contributed by atoms with Crippen LogP contribution in [0.4, 0.5) is 5.69 Å². The van der Waals surface area contributed by atoms with Crippen molar-refractivity contribution in [3.05, 3.63) is 23.2 Å². The molecule has 0 amide bonds. The summed E-state index contributed by atoms with van der Waals surface area (Å²) in [5, 5.41) is 12.5. The normalized spacial score (nSPS) is 12.8. The highest BCUT2D eigenvalue weighted by Gasteiger charge is 2.21. The van der Waals surface area contributed by atoms with Crippen LogP contribution >= 0.6 is 11.6 Å². The van der Waals surface area contributed by atoms with Crippen LogP contribution in [-0.4, -0.2) is 33.9 Å². The lowest BCUT2D eigenvalue weighted by atomic mass is 10.0. The van der Waals surface area contributed by atoms with Crippen LogP contribution < -0.4 is 5.73 Å². The average Bonchev–Trinajstić information content (AvgIpc) is 2.83. The zero-order valence-corrected chi connectivity index (χ0v) is 12.5. The van der Waals surface area contributed by atoms with E-state index in [0.29, 0.717) is 29.1 Å². The molecule has 1 heterocycles. The number of benzene rings is 1. The van der Waals surface area contributed by atoms with Gasteiger partial charge >= 0.3 is 0 Å². The van der Waals surface area contributed by atoms with Gasteiger partial charge in [0, 0.05) is 23.4 Å². The second kappa shape index (κ2) is 6.19. The summed E-state index contributed by atoms with van der Waals surface area (Å²) in [6.45, 7) is 4.73. The molecule has 20 heavy (non-hydrogen) atoms. The van der Waals surface area contributed by atoms with Crippen LogP contribution in [0.2, 0.25) is 5.02 Å². The zero-order chi connectivity index (χ0) is 14.7. The molecule has 108 valence electrons. The molecule has 0 fully saturated rings. The summed E-state index contributed by atoms with van der Waals surface area (Å²) in [6, 6.07) is 5.34. The fraction of sp³-hybridized carbons (Fsp3) is 0.462. The van der Waals surface area contributed by atoms with E-state index in [1.165, 1.54) is 0 Å². The maximum absolute atomic E-state index is 6.04. The predicted octanol–water partition coefficient (Wildman–Crippen LogP) is 2.42. The number of tetrazole rings is 1. The molecule has 1 atom stereocenters. The summed E-state index contributed by atoms with van der Waals surface area (Å²) in [5.41, 5.74) is 7.20. The Hall–Kier alpha value is -1.66. The Morgan fingerprint density at radius 2 is 2.10 bits per heavy atom. The van der Waals surface area contributed by atoms with Crippen molar-refractivity contribution >= 4 is 17.3 Å². The van der Waals surface area contributed by atoms with Crippen LogP contribution in [0.15, 0.2) is 18.2 Å². The third-order valence-corrected chi connectivity index (χ3v) is 3.31. The Morgan fingerprint density at radius 1 is 1.35 bits per heavy atom. The van der Waals surface area contributed by atoms with Gasteiger partial charge in [-0.3, -0.25) is 0 Å². The number of nitrogen functional groups attached to an aromatic ring is 1. The molecule has 0 radical (unpaired) electrons. The molecule has 0 aliphatic carbocycles. The number of halogens is 1. The third kappa shape index (κ3) is 3.08. The highest BCUT2D eigenvalue weighted by Crippen LogP contribution is 2.27. The Balaban J connectivity index is 2.46. The van der Waals surface area contributed by atoms with Gasteiger partial charge in [-0.2, -0.15) is 0 Å². The molecule has 2 N–H and O–H groups in total. The number of nitrogens with zero attached hydrogens (tertiary/aromatic N) is 4. The van der Waals surface area contributed by atoms with Crippen molar-refractivity contribution in [1.82, 2.24) is 20.2 Å². The number of ether oxygens (including phenoxy) is 1. The third-order valence-electron chi connectivity index (χ3n) is 3.09. The molecule has 6 nitrogen and oxygen atoms in total. The molecule has 0 spiro atoms. The summed E-state index contributed by atoms with van der Waals surface area (Å²) >= 11 is 6.04. The maximum atomic E-state index is 6.04. The molecule has 1 unspecified atom stereocenters. The molecule has 0 saturated carbocycles. The van der Waals surface area contributed by atoms with Crippen molar-refractivity contribution in [3.63, 3.8) is 0 Å². The number of aromatic nitrogens is 4. The van der Waals surface area contributed by atoms with Crippen molar-refractivity contribution < 1.29 is 4.74 Å². The SMILES string of the molecule is COCC(C(C)C)n1nnnc1-c1cc(N)cc(Cl)c1. The minimum Gasteiger partial charge on any atom is -0.399 e. The topological polar surface area (TPSA) is 78.8 Å². The van der Waals surface area contributed by atoms with E-state index < -0.39 is 0 Å². The fourth-order valence-corrected chi connectivity index (χ4v) is 2.31. The molecule has 1 aromatic heterocycles. The van der Waals surface area contributed by atoms with Crippen LogP contribution in [0.25, 0.3) is 11.4 Å². The van der Waals surface area contributed by atoms with Gasteiger partial charge in [-0.15, -0.1) is 5.10 Å². The van der Waals surface area contributed by atoms with Crippen molar-refractivity contribution in [3.8, 4) is 11.4 Å². The van der Waals surface area contributed by atoms with Crippen molar-refractivity contribution in [2.24, 2.45) is 5.92 Å². The van der Waals surface area contributed by atoms with E-state index >= 15 is 0 Å². The molecule has 0 aliphatic rings. The van der Waals surface area contributed by atoms with Gasteiger partial charge in [-0.25, -0.2) is 4.68 Å². The van der Waals surface area contributed by atoms with Crippen LogP contribution in [0, 0.1) is 5.92 Å². The standard InChI is InChI=1S/C13H18ClN5O/c1-8(2)12(7-20-3)19-13(16-17-18-19)9-4-10(14)6-11(15)5-9/h4-6,8,12H,7,15H2,1-3H3. The average molecular weight is 296 g/mol. The number of anilines is 1. The highest BCUT2D eigenvalue weighted by molar-refractivity contribution is 6.31. The Morgan fingerprint density at radius 3 is 2.70 bits per heavy atom. The van der Waals surface area contributed by atoms with Crippen molar-refractivity contribution in [2.75, 3.05) is 19.5 Å². The quantitative estimate of drug-likeness (QED) is 0.857. The first-order valence-electron chi connectivity index (χ1n) is 6.36. The van der Waals surface area contributed by atoms with Crippen LogP contribution in [0.5, 0.6) is 0 Å². The molecule has 1 aromatic carbocycles. The Kier molecular flexibility index (Phi) is 4.57. The van der Waals surface area contributed by atoms with E-state index in [2.05, 4.69) is 29.4 Å². The van der Waals surface area contributed by atoms with Crippen molar-refractivity contribution in [2.45, 2.75) is 19.9 Å². The fourth-order valence-electron chi connectivity index (χ4n) is 2.06. The number of hydrogen-bond acceptors (Lipinski definition) is 5. The number of nitrogens with two attached hydrogens (primary N) is 1. The molecular formula is C13H18ClN5O. The van der Waals surface area contributed by atoms with E-state index in [1.54, 1.807) is 30.0 Å². The lowest BCUT2D eigenvalue weighted by Crippen LogP contribution is -2.22. The van der Waals surface area contributed by atoms with Gasteiger partial charge in [0.25, 0.3) is 0 Å². The van der Waals surface area contributed by atoms with Gasteiger partial charge in [0.15, 0.2) is 5.82 Å². The first-order chi connectivity index (χ1) is 9.52. The Labute approximate surface area is 122 Å². The van der Waals surface area contributed by atoms with Gasteiger partial charge in [0.2, 0.25) is 0 Å². The van der Waals surface area contributed by atoms with E-state index in [4.69, 9.17) is 22.1 Å². The van der Waals surface area contributed by atoms with Gasteiger partial charge in [-0.1, -0.05) is 25.4 Å². The lowest BCUT2D eigenvalue weighted by molar-refractivity contribution is 0.126. The lowest BCUT2D eigenvalue weighted by Gasteiger charge is -2.21. The summed E-state index contributed by atoms with van der Waals surface area (Å²) < 4.78 is 7.02. The van der Waals surface area contributed by atoms with Gasteiger partial charge in [0.1, 0.15) is 0 Å². The van der Waals surface area contributed by atoms with Gasteiger partial charge in [-0.05, 0) is 34.5 Å². The molecule has 2 aromatic rings. The minimum atomic E-state index is 0.0465. The van der Waals surface area contributed by atoms with E-state index in [-0.39, 0.29) is 6.04 Å². The van der Waals surface area contributed by atoms with E-state index in [0.717, 1.165) is 5.56 Å². The molecule has 0 saturated heterocycles. The van der Waals surface area contributed by atoms with E-state index in [1.807, 2.05) is 0 Å².